The second-order valence-corrected chi connectivity index (χ2v) is 7.42. The molecule has 20 heteroatoms. The van der Waals surface area contributed by atoms with Crippen molar-refractivity contribution in [1.29, 1.82) is 0 Å². The molecule has 0 heterocycles. The number of alkyl halides is 10. The summed E-state index contributed by atoms with van der Waals surface area (Å²) in [7, 11) is -12.8. The molecule has 1 rings (SSSR count). The molecule has 0 spiro atoms. The second-order valence-electron chi connectivity index (χ2n) is 4.50. The van der Waals surface area contributed by atoms with Gasteiger partial charge in [0, 0.05) is 0 Å². The summed E-state index contributed by atoms with van der Waals surface area (Å²) in [5.41, 5.74) is 0. The Labute approximate surface area is 159 Å². The summed E-state index contributed by atoms with van der Waals surface area (Å²) >= 11 is 0. The quantitative estimate of drug-likeness (QED) is 0.269. The molecule has 0 unspecified atom stereocenters. The van der Waals surface area contributed by atoms with Gasteiger partial charge in [-0.25, -0.2) is 0 Å². The van der Waals surface area contributed by atoms with Crippen molar-refractivity contribution >= 4 is 20.2 Å². The Balaban J connectivity index is 0. The van der Waals surface area contributed by atoms with E-state index in [1.807, 2.05) is 0 Å². The molecule has 0 aliphatic carbocycles. The number of halogens is 10. The van der Waals surface area contributed by atoms with Gasteiger partial charge < -0.3 is 10.2 Å². The Kier molecular flexibility index (Phi) is 9.43. The monoisotopic (exact) mass is 510 g/mol. The van der Waals surface area contributed by atoms with Crippen LogP contribution >= 0.6 is 0 Å². The van der Waals surface area contributed by atoms with Crippen LogP contribution in [0.25, 0.3) is 0 Å². The van der Waals surface area contributed by atoms with E-state index in [1.165, 1.54) is 24.3 Å². The zero-order valence-electron chi connectivity index (χ0n) is 13.3. The molecular weight excluding hydrogens is 502 g/mol. The predicted molar refractivity (Wildman–Crippen MR) is 74.9 cm³/mol. The van der Waals surface area contributed by atoms with Crippen LogP contribution in [0.3, 0.4) is 0 Å². The molecule has 30 heavy (non-hydrogen) atoms. The van der Waals surface area contributed by atoms with Crippen molar-refractivity contribution in [2.24, 2.45) is 0 Å². The minimum atomic E-state index is -6.42. The first-order valence-electron chi connectivity index (χ1n) is 6.10. The average molecular weight is 510 g/mol. The Morgan fingerprint density at radius 3 is 0.767 bits per heavy atom. The molecule has 0 saturated carbocycles. The van der Waals surface area contributed by atoms with Crippen molar-refractivity contribution in [3.63, 3.8) is 0 Å². The highest BCUT2D eigenvalue weighted by Gasteiger charge is 2.68. The highest BCUT2D eigenvalue weighted by molar-refractivity contribution is 7.87. The lowest BCUT2D eigenvalue weighted by Crippen LogP contribution is -2.43. The number of aromatic hydroxyl groups is 2. The van der Waals surface area contributed by atoms with Gasteiger partial charge in [0.25, 0.3) is 0 Å². The lowest BCUT2D eigenvalue weighted by molar-refractivity contribution is -0.243. The van der Waals surface area contributed by atoms with E-state index in [1.54, 1.807) is 0 Å². The number of hydrogen-bond acceptors (Lipinski definition) is 6. The molecule has 0 saturated heterocycles. The van der Waals surface area contributed by atoms with Crippen LogP contribution in [-0.2, 0) is 20.2 Å². The molecule has 4 N–H and O–H groups in total. The first kappa shape index (κ1) is 30.1. The third kappa shape index (κ3) is 8.36. The Morgan fingerprint density at radius 1 is 0.533 bits per heavy atom. The molecule has 178 valence electrons. The summed E-state index contributed by atoms with van der Waals surface area (Å²) < 4.78 is 164. The molecule has 1 aromatic rings. The average Bonchev–Trinajstić information content (AvgIpc) is 2.47. The van der Waals surface area contributed by atoms with Crippen LogP contribution in [0.2, 0.25) is 0 Å². The van der Waals surface area contributed by atoms with Crippen molar-refractivity contribution < 1.29 is 80.1 Å². The minimum Gasteiger partial charge on any atom is -0.508 e. The molecule has 1 aromatic carbocycles. The molecule has 0 atom stereocenters. The number of benzene rings is 1. The summed E-state index contributed by atoms with van der Waals surface area (Å²) in [5, 5.41) is 5.10. The topological polar surface area (TPSA) is 149 Å². The van der Waals surface area contributed by atoms with Gasteiger partial charge in [-0.1, -0.05) is 0 Å². The van der Waals surface area contributed by atoms with E-state index in [0.29, 0.717) is 0 Å². The summed E-state index contributed by atoms with van der Waals surface area (Å²) in [6.45, 7) is 0. The number of phenolic OH excluding ortho intramolecular Hbond substituents is 2. The minimum absolute atomic E-state index is 0.169. The van der Waals surface area contributed by atoms with Crippen LogP contribution < -0.4 is 0 Å². The lowest BCUT2D eigenvalue weighted by Gasteiger charge is -2.15. The normalized spacial score (nSPS) is 13.5. The van der Waals surface area contributed by atoms with Crippen LogP contribution in [0.4, 0.5) is 43.9 Å². The van der Waals surface area contributed by atoms with Crippen molar-refractivity contribution in [2.45, 2.75) is 22.9 Å². The zero-order valence-corrected chi connectivity index (χ0v) is 15.0. The van der Waals surface area contributed by atoms with Gasteiger partial charge in [-0.3, -0.25) is 9.11 Å². The predicted octanol–water partition coefficient (Wildman–Crippen LogP) is 3.16. The largest absolute Gasteiger partial charge is 0.508 e. The smallest absolute Gasteiger partial charge is 0.472 e. The summed E-state index contributed by atoms with van der Waals surface area (Å²) in [6, 6.07) is 5.70. The van der Waals surface area contributed by atoms with Crippen LogP contribution in [0.15, 0.2) is 24.3 Å². The van der Waals surface area contributed by atoms with E-state index in [4.69, 9.17) is 19.3 Å². The lowest BCUT2D eigenvalue weighted by atomic mass is 10.3. The van der Waals surface area contributed by atoms with Crippen LogP contribution in [0.5, 0.6) is 11.5 Å². The first-order valence-corrected chi connectivity index (χ1v) is 8.98. The second kappa shape index (κ2) is 9.39. The molecule has 0 aromatic heterocycles. The zero-order chi connectivity index (χ0) is 25.0. The van der Waals surface area contributed by atoms with Gasteiger partial charge in [0.15, 0.2) is 0 Å². The number of phenols is 2. The molecule has 0 bridgehead atoms. The van der Waals surface area contributed by atoms with Gasteiger partial charge in [-0.2, -0.15) is 60.7 Å². The van der Waals surface area contributed by atoms with Gasteiger partial charge in [-0.15, -0.1) is 0 Å². The summed E-state index contributed by atoms with van der Waals surface area (Å²) in [6.07, 6.45) is -12.6. The van der Waals surface area contributed by atoms with Crippen LogP contribution in [-0.4, -0.2) is 59.0 Å². The van der Waals surface area contributed by atoms with E-state index in [9.17, 15) is 60.7 Å². The van der Waals surface area contributed by atoms with Gasteiger partial charge in [0.1, 0.15) is 11.5 Å². The highest BCUT2D eigenvalue weighted by atomic mass is 32.2. The summed E-state index contributed by atoms with van der Waals surface area (Å²) in [5.74, 6) is 0.339. The van der Waals surface area contributed by atoms with Crippen LogP contribution in [0, 0.1) is 0 Å². The highest BCUT2D eigenvalue weighted by Crippen LogP contribution is 2.39. The molecule has 0 aliphatic heterocycles. The first-order chi connectivity index (χ1) is 12.8. The van der Waals surface area contributed by atoms with E-state index in [0.717, 1.165) is 0 Å². The van der Waals surface area contributed by atoms with Gasteiger partial charge >= 0.3 is 43.1 Å². The van der Waals surface area contributed by atoms with Gasteiger partial charge in [-0.05, 0) is 24.3 Å². The fourth-order valence-corrected chi connectivity index (χ4v) is 1.33. The van der Waals surface area contributed by atoms with E-state index in [2.05, 4.69) is 0 Å². The Morgan fingerprint density at radius 2 is 0.700 bits per heavy atom. The third-order valence-corrected chi connectivity index (χ3v) is 3.92. The van der Waals surface area contributed by atoms with E-state index >= 15 is 0 Å². The van der Waals surface area contributed by atoms with Crippen molar-refractivity contribution in [2.75, 3.05) is 0 Å². The fourth-order valence-electron chi connectivity index (χ4n) is 0.745. The third-order valence-electron chi connectivity index (χ3n) is 2.16. The molecule has 0 aliphatic rings. The molecule has 0 fully saturated rings. The van der Waals surface area contributed by atoms with Crippen molar-refractivity contribution in [1.82, 2.24) is 0 Å². The summed E-state index contributed by atoms with van der Waals surface area (Å²) in [4.78, 5) is 0. The maximum absolute atomic E-state index is 11.5. The van der Waals surface area contributed by atoms with E-state index < -0.39 is 43.1 Å². The fraction of sp³-hybridized carbons (Fsp3) is 0.400. The van der Waals surface area contributed by atoms with E-state index in [-0.39, 0.29) is 11.5 Å². The molecular formula is C10H8F10O8S2. The molecule has 0 amide bonds. The van der Waals surface area contributed by atoms with Crippen molar-refractivity contribution in [3.8, 4) is 11.5 Å². The Hall–Kier alpha value is -2.06. The van der Waals surface area contributed by atoms with Crippen molar-refractivity contribution in [3.05, 3.63) is 24.3 Å². The van der Waals surface area contributed by atoms with Gasteiger partial charge in [0.2, 0.25) is 0 Å². The number of rotatable bonds is 2. The maximum atomic E-state index is 11.5. The van der Waals surface area contributed by atoms with Gasteiger partial charge in [0.05, 0.1) is 0 Å². The van der Waals surface area contributed by atoms with Crippen LogP contribution in [0.1, 0.15) is 0 Å². The molecule has 0 radical (unpaired) electrons. The maximum Gasteiger partial charge on any atom is 0.472 e. The number of hydrogen-bond donors (Lipinski definition) is 4. The SMILES string of the molecule is O=S(=O)(O)C(F)(F)C(F)(F)F.O=S(=O)(O)C(F)(F)C(F)(F)F.Oc1ccc(O)cc1. The standard InChI is InChI=1S/C6H6O2.2C2HF5O3S/c7-5-1-2-6(8)4-3-5;2*3-1(4,5)2(6,7)11(8,9)10/h1-4,7-8H;2*(H,8,9,10). The Bertz CT molecular complexity index is 813. The molecule has 8 nitrogen and oxygen atoms in total.